The van der Waals surface area contributed by atoms with Crippen molar-refractivity contribution in [2.24, 2.45) is 0 Å². The largest absolute Gasteiger partial charge is 0.494 e. The average molecular weight is 414 g/mol. The Bertz CT molecular complexity index is 1130. The van der Waals surface area contributed by atoms with Crippen LogP contribution in [0.3, 0.4) is 0 Å². The van der Waals surface area contributed by atoms with Gasteiger partial charge in [0, 0.05) is 18.1 Å². The van der Waals surface area contributed by atoms with E-state index in [9.17, 15) is 14.4 Å². The van der Waals surface area contributed by atoms with Crippen LogP contribution in [0, 0.1) is 6.92 Å². The minimum absolute atomic E-state index is 0.303. The molecule has 1 N–H and O–H groups in total. The lowest BCUT2D eigenvalue weighted by molar-refractivity contribution is -0.116. The number of aromatic nitrogens is 2. The van der Waals surface area contributed by atoms with Gasteiger partial charge < -0.3 is 10.1 Å². The monoisotopic (exact) mass is 413 g/mol. The van der Waals surface area contributed by atoms with Crippen LogP contribution in [0.15, 0.2) is 64.4 Å². The highest BCUT2D eigenvalue weighted by atomic mass is 35.5. The van der Waals surface area contributed by atoms with E-state index in [2.05, 4.69) is 5.32 Å². The Balaban J connectivity index is 1.81. The summed E-state index contributed by atoms with van der Waals surface area (Å²) in [5, 5.41) is 3.08. The van der Waals surface area contributed by atoms with Crippen LogP contribution in [0.5, 0.6) is 5.75 Å². The van der Waals surface area contributed by atoms with Crippen molar-refractivity contribution < 1.29 is 9.53 Å². The summed E-state index contributed by atoms with van der Waals surface area (Å²) in [5.74, 6) is 0.214. The molecule has 1 aromatic heterocycles. The van der Waals surface area contributed by atoms with Gasteiger partial charge in [-0.15, -0.1) is 0 Å². The SMILES string of the molecule is CCOc1ccc(-n2ccn(CC(=O)Nc3c(C)cccc3Cl)c(=O)c2=O)cc1. The molecule has 3 rings (SSSR count). The maximum atomic E-state index is 12.5. The quantitative estimate of drug-likeness (QED) is 0.630. The Morgan fingerprint density at radius 1 is 1.07 bits per heavy atom. The molecule has 0 saturated carbocycles. The van der Waals surface area contributed by atoms with Crippen LogP contribution in [0.4, 0.5) is 5.69 Å². The van der Waals surface area contributed by atoms with Crippen molar-refractivity contribution in [3.63, 3.8) is 0 Å². The predicted molar refractivity (Wildman–Crippen MR) is 112 cm³/mol. The Labute approximate surface area is 172 Å². The summed E-state index contributed by atoms with van der Waals surface area (Å²) in [6.07, 6.45) is 2.85. The van der Waals surface area contributed by atoms with Gasteiger partial charge in [-0.1, -0.05) is 23.7 Å². The molecule has 0 aliphatic heterocycles. The number of hydrogen-bond donors (Lipinski definition) is 1. The van der Waals surface area contributed by atoms with Gasteiger partial charge in [0.05, 0.1) is 17.3 Å². The molecule has 1 amide bonds. The number of ether oxygens (including phenoxy) is 1. The van der Waals surface area contributed by atoms with E-state index in [1.807, 2.05) is 19.9 Å². The van der Waals surface area contributed by atoms with Gasteiger partial charge in [-0.05, 0) is 49.7 Å². The Morgan fingerprint density at radius 3 is 2.45 bits per heavy atom. The molecule has 0 fully saturated rings. The van der Waals surface area contributed by atoms with Gasteiger partial charge in [0.25, 0.3) is 0 Å². The number of halogens is 1. The summed E-state index contributed by atoms with van der Waals surface area (Å²) in [5.41, 5.74) is 0.253. The van der Waals surface area contributed by atoms with E-state index in [4.69, 9.17) is 16.3 Å². The molecule has 0 bridgehead atoms. The molecule has 7 nitrogen and oxygen atoms in total. The lowest BCUT2D eigenvalue weighted by Gasteiger charge is -2.12. The van der Waals surface area contributed by atoms with Crippen molar-refractivity contribution in [2.45, 2.75) is 20.4 Å². The molecular formula is C21H20ClN3O4. The molecule has 0 spiro atoms. The maximum Gasteiger partial charge on any atom is 0.320 e. The van der Waals surface area contributed by atoms with Crippen LogP contribution in [-0.4, -0.2) is 21.6 Å². The van der Waals surface area contributed by atoms with Crippen molar-refractivity contribution in [1.29, 1.82) is 0 Å². The first-order chi connectivity index (χ1) is 13.9. The number of aryl methyl sites for hydroxylation is 1. The second kappa shape index (κ2) is 8.79. The number of hydrogen-bond acceptors (Lipinski definition) is 4. The molecule has 8 heteroatoms. The molecule has 0 radical (unpaired) electrons. The van der Waals surface area contributed by atoms with E-state index in [1.165, 1.54) is 17.0 Å². The predicted octanol–water partition coefficient (Wildman–Crippen LogP) is 3.00. The zero-order valence-corrected chi connectivity index (χ0v) is 16.8. The zero-order chi connectivity index (χ0) is 21.0. The second-order valence-electron chi connectivity index (χ2n) is 6.31. The number of amides is 1. The maximum absolute atomic E-state index is 12.5. The van der Waals surface area contributed by atoms with Crippen LogP contribution < -0.4 is 21.2 Å². The minimum Gasteiger partial charge on any atom is -0.494 e. The molecule has 150 valence electrons. The smallest absolute Gasteiger partial charge is 0.320 e. The van der Waals surface area contributed by atoms with Gasteiger partial charge in [0.15, 0.2) is 0 Å². The summed E-state index contributed by atoms with van der Waals surface area (Å²) in [6.45, 7) is 3.92. The van der Waals surface area contributed by atoms with Crippen LogP contribution in [0.1, 0.15) is 12.5 Å². The molecule has 29 heavy (non-hydrogen) atoms. The van der Waals surface area contributed by atoms with E-state index in [0.717, 1.165) is 10.1 Å². The Hall–Kier alpha value is -3.32. The Morgan fingerprint density at radius 2 is 1.79 bits per heavy atom. The summed E-state index contributed by atoms with van der Waals surface area (Å²) in [6, 6.07) is 12.1. The fourth-order valence-corrected chi connectivity index (χ4v) is 3.10. The molecule has 0 atom stereocenters. The molecular weight excluding hydrogens is 394 g/mol. The van der Waals surface area contributed by atoms with E-state index in [-0.39, 0.29) is 6.54 Å². The van der Waals surface area contributed by atoms with Crippen molar-refractivity contribution >= 4 is 23.2 Å². The number of anilines is 1. The first-order valence-electron chi connectivity index (χ1n) is 9.01. The first-order valence-corrected chi connectivity index (χ1v) is 9.38. The van der Waals surface area contributed by atoms with Crippen LogP contribution in [-0.2, 0) is 11.3 Å². The van der Waals surface area contributed by atoms with Crippen molar-refractivity contribution in [3.8, 4) is 11.4 Å². The van der Waals surface area contributed by atoms with Gasteiger partial charge in [-0.3, -0.25) is 23.5 Å². The molecule has 0 unspecified atom stereocenters. The molecule has 0 aliphatic carbocycles. The first kappa shape index (κ1) is 20.4. The summed E-state index contributed by atoms with van der Waals surface area (Å²) in [7, 11) is 0. The van der Waals surface area contributed by atoms with Gasteiger partial charge in [0.1, 0.15) is 12.3 Å². The fraction of sp³-hybridized carbons (Fsp3) is 0.190. The highest BCUT2D eigenvalue weighted by Crippen LogP contribution is 2.25. The summed E-state index contributed by atoms with van der Waals surface area (Å²) < 4.78 is 7.66. The van der Waals surface area contributed by atoms with Gasteiger partial charge >= 0.3 is 11.1 Å². The van der Waals surface area contributed by atoms with E-state index < -0.39 is 17.0 Å². The van der Waals surface area contributed by atoms with Crippen LogP contribution in [0.25, 0.3) is 5.69 Å². The van der Waals surface area contributed by atoms with Crippen molar-refractivity contribution in [1.82, 2.24) is 9.13 Å². The standard InChI is InChI=1S/C21H20ClN3O4/c1-3-29-16-9-7-15(8-10-16)25-12-11-24(20(27)21(25)28)13-18(26)23-19-14(2)5-4-6-17(19)22/h4-12H,3,13H2,1-2H3,(H,23,26). The van der Waals surface area contributed by atoms with Gasteiger partial charge in [-0.25, -0.2) is 0 Å². The normalized spacial score (nSPS) is 10.6. The number of carbonyl (C=O) groups is 1. The van der Waals surface area contributed by atoms with Crippen molar-refractivity contribution in [3.05, 3.63) is 86.2 Å². The van der Waals surface area contributed by atoms with E-state index in [0.29, 0.717) is 28.8 Å². The third-order valence-corrected chi connectivity index (χ3v) is 4.60. The molecule has 0 aliphatic rings. The lowest BCUT2D eigenvalue weighted by Crippen LogP contribution is -2.41. The van der Waals surface area contributed by atoms with Crippen LogP contribution >= 0.6 is 11.6 Å². The number of para-hydroxylation sites is 1. The van der Waals surface area contributed by atoms with Gasteiger partial charge in [-0.2, -0.15) is 0 Å². The number of nitrogens with one attached hydrogen (secondary N) is 1. The highest BCUT2D eigenvalue weighted by molar-refractivity contribution is 6.33. The lowest BCUT2D eigenvalue weighted by atomic mass is 10.2. The molecule has 0 saturated heterocycles. The fourth-order valence-electron chi connectivity index (χ4n) is 2.83. The van der Waals surface area contributed by atoms with E-state index >= 15 is 0 Å². The third-order valence-electron chi connectivity index (χ3n) is 4.28. The van der Waals surface area contributed by atoms with Crippen molar-refractivity contribution in [2.75, 3.05) is 11.9 Å². The Kier molecular flexibility index (Phi) is 6.19. The summed E-state index contributed by atoms with van der Waals surface area (Å²) in [4.78, 5) is 37.3. The van der Waals surface area contributed by atoms with Gasteiger partial charge in [0.2, 0.25) is 5.91 Å². The summed E-state index contributed by atoms with van der Waals surface area (Å²) >= 11 is 6.11. The number of benzene rings is 2. The number of nitrogens with zero attached hydrogens (tertiary/aromatic N) is 2. The van der Waals surface area contributed by atoms with E-state index in [1.54, 1.807) is 36.4 Å². The third kappa shape index (κ3) is 4.57. The van der Waals surface area contributed by atoms with Crippen LogP contribution in [0.2, 0.25) is 5.02 Å². The average Bonchev–Trinajstić information content (AvgIpc) is 2.70. The number of rotatable bonds is 6. The molecule has 3 aromatic rings. The molecule has 2 aromatic carbocycles. The molecule has 1 heterocycles. The zero-order valence-electron chi connectivity index (χ0n) is 16.0. The number of carbonyl (C=O) groups excluding carboxylic acids is 1. The second-order valence-corrected chi connectivity index (χ2v) is 6.72. The minimum atomic E-state index is -0.799. The highest BCUT2D eigenvalue weighted by Gasteiger charge is 2.12. The topological polar surface area (TPSA) is 82.3 Å².